The monoisotopic (exact) mass is 482 g/mol. The van der Waals surface area contributed by atoms with Gasteiger partial charge in [0.05, 0.1) is 20.1 Å². The topological polar surface area (TPSA) is 94.2 Å². The van der Waals surface area contributed by atoms with Crippen LogP contribution in [0.5, 0.6) is 5.75 Å². The van der Waals surface area contributed by atoms with Crippen LogP contribution in [-0.2, 0) is 36.9 Å². The summed E-state index contributed by atoms with van der Waals surface area (Å²) in [4.78, 5) is 40.0. The molecule has 2 heterocycles. The van der Waals surface area contributed by atoms with Gasteiger partial charge in [0, 0.05) is 12.9 Å². The van der Waals surface area contributed by atoms with Crippen LogP contribution in [0.3, 0.4) is 0 Å². The first-order valence-electron chi connectivity index (χ1n) is 10.8. The van der Waals surface area contributed by atoms with Crippen molar-refractivity contribution in [3.63, 3.8) is 0 Å². The van der Waals surface area contributed by atoms with Crippen molar-refractivity contribution in [1.82, 2.24) is 10.2 Å². The fourth-order valence-electron chi connectivity index (χ4n) is 3.90. The van der Waals surface area contributed by atoms with Gasteiger partial charge in [0.25, 0.3) is 5.91 Å². The van der Waals surface area contributed by atoms with Crippen LogP contribution in [0.2, 0.25) is 0 Å². The number of esters is 1. The maximum atomic E-state index is 13.0. The average Bonchev–Trinajstić information content (AvgIpc) is 2.86. The molecule has 2 aliphatic rings. The second kappa shape index (κ2) is 10.8. The molecule has 0 bridgehead atoms. The first-order valence-corrected chi connectivity index (χ1v) is 11.9. The predicted molar refractivity (Wildman–Crippen MR) is 127 cm³/mol. The summed E-state index contributed by atoms with van der Waals surface area (Å²) < 4.78 is 15.9. The minimum Gasteiger partial charge on any atom is -0.497 e. The van der Waals surface area contributed by atoms with Crippen molar-refractivity contribution in [3.05, 3.63) is 77.0 Å². The van der Waals surface area contributed by atoms with Crippen LogP contribution < -0.4 is 10.1 Å². The minimum atomic E-state index is -0.685. The van der Waals surface area contributed by atoms with E-state index in [2.05, 4.69) is 5.32 Å². The lowest BCUT2D eigenvalue weighted by molar-refractivity contribution is -0.153. The van der Waals surface area contributed by atoms with E-state index in [1.54, 1.807) is 19.2 Å². The van der Waals surface area contributed by atoms with Crippen molar-refractivity contribution in [2.24, 2.45) is 0 Å². The highest BCUT2D eigenvalue weighted by molar-refractivity contribution is 8.00. The number of rotatable bonds is 9. The van der Waals surface area contributed by atoms with E-state index >= 15 is 0 Å². The smallest absolute Gasteiger partial charge is 0.355 e. The number of hydrogen-bond acceptors (Lipinski definition) is 7. The number of benzene rings is 2. The van der Waals surface area contributed by atoms with E-state index in [9.17, 15) is 14.4 Å². The molecular weight excluding hydrogens is 456 g/mol. The molecule has 9 heteroatoms. The van der Waals surface area contributed by atoms with E-state index in [1.165, 1.54) is 23.8 Å². The molecule has 2 atom stereocenters. The Morgan fingerprint density at radius 1 is 1.03 bits per heavy atom. The average molecular weight is 483 g/mol. The maximum Gasteiger partial charge on any atom is 0.355 e. The molecule has 2 aromatic rings. The molecule has 2 aliphatic heterocycles. The van der Waals surface area contributed by atoms with Crippen LogP contribution in [0.4, 0.5) is 0 Å². The van der Waals surface area contributed by atoms with Gasteiger partial charge in [0.1, 0.15) is 29.5 Å². The molecule has 0 aliphatic carbocycles. The van der Waals surface area contributed by atoms with E-state index in [0.717, 1.165) is 11.1 Å². The molecule has 0 spiro atoms. The summed E-state index contributed by atoms with van der Waals surface area (Å²) in [6.07, 6.45) is 0.184. The van der Waals surface area contributed by atoms with Crippen molar-refractivity contribution in [1.29, 1.82) is 0 Å². The third-order valence-electron chi connectivity index (χ3n) is 5.61. The third-order valence-corrected chi connectivity index (χ3v) is 6.95. The number of ether oxygens (including phenoxy) is 3. The summed E-state index contributed by atoms with van der Waals surface area (Å²) in [7, 11) is 3.12. The van der Waals surface area contributed by atoms with Gasteiger partial charge in [0.15, 0.2) is 0 Å². The van der Waals surface area contributed by atoms with Gasteiger partial charge in [-0.2, -0.15) is 0 Å². The van der Waals surface area contributed by atoms with Gasteiger partial charge in [0.2, 0.25) is 5.91 Å². The fraction of sp³-hybridized carbons (Fsp3) is 0.320. The Labute approximate surface area is 202 Å². The summed E-state index contributed by atoms with van der Waals surface area (Å²) in [6.45, 7) is 0.269. The number of fused-ring (bicyclic) bond motifs is 1. The van der Waals surface area contributed by atoms with Gasteiger partial charge in [-0.25, -0.2) is 4.79 Å². The van der Waals surface area contributed by atoms with Crippen molar-refractivity contribution >= 4 is 29.5 Å². The molecular formula is C25H26N2O6S. The Kier molecular flexibility index (Phi) is 7.54. The molecule has 1 saturated heterocycles. The number of carbonyl (C=O) groups is 3. The summed E-state index contributed by atoms with van der Waals surface area (Å²) in [5, 5.41) is 2.46. The summed E-state index contributed by atoms with van der Waals surface area (Å²) >= 11 is 1.49. The third kappa shape index (κ3) is 5.10. The van der Waals surface area contributed by atoms with E-state index in [1.807, 2.05) is 42.5 Å². The van der Waals surface area contributed by atoms with Gasteiger partial charge in [-0.05, 0) is 28.8 Å². The Morgan fingerprint density at radius 3 is 2.44 bits per heavy atom. The van der Waals surface area contributed by atoms with E-state index in [-0.39, 0.29) is 42.5 Å². The van der Waals surface area contributed by atoms with E-state index in [4.69, 9.17) is 14.2 Å². The normalized spacial score (nSPS) is 19.2. The number of thioether (sulfide) groups is 1. The summed E-state index contributed by atoms with van der Waals surface area (Å²) in [5.74, 6) is 0.0541. The highest BCUT2D eigenvalue weighted by atomic mass is 32.2. The largest absolute Gasteiger partial charge is 0.497 e. The van der Waals surface area contributed by atoms with Crippen LogP contribution in [0.15, 0.2) is 65.9 Å². The fourth-order valence-corrected chi connectivity index (χ4v) is 5.23. The molecule has 1 unspecified atom stereocenters. The molecule has 1 N–H and O–H groups in total. The first kappa shape index (κ1) is 23.8. The number of nitrogens with zero attached hydrogens (tertiary/aromatic N) is 1. The Balaban J connectivity index is 1.43. The van der Waals surface area contributed by atoms with Gasteiger partial charge in [-0.1, -0.05) is 42.5 Å². The first-order chi connectivity index (χ1) is 16.5. The second-order valence-electron chi connectivity index (χ2n) is 7.93. The minimum absolute atomic E-state index is 0.0592. The SMILES string of the molecule is COCC1=C(C(=O)OCc2ccc(OC)cc2)N2C(=O)C(NC(=O)Cc3ccccc3)[C@H]2SC1. The number of carbonyl (C=O) groups excluding carboxylic acids is 3. The number of β-lactam (4-membered cyclic amide) rings is 1. The Morgan fingerprint density at radius 2 is 1.76 bits per heavy atom. The number of nitrogens with one attached hydrogen (secondary N) is 1. The zero-order chi connectivity index (χ0) is 24.1. The zero-order valence-corrected chi connectivity index (χ0v) is 19.8. The van der Waals surface area contributed by atoms with Crippen LogP contribution >= 0.6 is 11.8 Å². The van der Waals surface area contributed by atoms with Crippen LogP contribution in [-0.4, -0.2) is 60.7 Å². The van der Waals surface area contributed by atoms with Crippen molar-refractivity contribution in [3.8, 4) is 5.75 Å². The van der Waals surface area contributed by atoms with Crippen molar-refractivity contribution < 1.29 is 28.6 Å². The van der Waals surface area contributed by atoms with Gasteiger partial charge >= 0.3 is 5.97 Å². The Bertz CT molecular complexity index is 1090. The number of hydrogen-bond donors (Lipinski definition) is 1. The van der Waals surface area contributed by atoms with Crippen molar-refractivity contribution in [2.75, 3.05) is 26.6 Å². The lowest BCUT2D eigenvalue weighted by Crippen LogP contribution is -2.70. The highest BCUT2D eigenvalue weighted by Crippen LogP contribution is 2.40. The molecule has 0 saturated carbocycles. The van der Waals surface area contributed by atoms with Crippen LogP contribution in [0.25, 0.3) is 0 Å². The molecule has 4 rings (SSSR count). The molecule has 8 nitrogen and oxygen atoms in total. The molecule has 2 amide bonds. The van der Waals surface area contributed by atoms with Gasteiger partial charge in [-0.3, -0.25) is 14.5 Å². The molecule has 178 valence electrons. The van der Waals surface area contributed by atoms with Crippen LogP contribution in [0.1, 0.15) is 11.1 Å². The maximum absolute atomic E-state index is 13.0. The highest BCUT2D eigenvalue weighted by Gasteiger charge is 2.54. The van der Waals surface area contributed by atoms with Crippen molar-refractivity contribution in [2.45, 2.75) is 24.4 Å². The second-order valence-corrected chi connectivity index (χ2v) is 9.03. The summed E-state index contributed by atoms with van der Waals surface area (Å²) in [6, 6.07) is 15.8. The standard InChI is InChI=1S/C25H26N2O6S/c1-31-14-18-15-34-24-21(26-20(28)12-16-6-4-3-5-7-16)23(29)27(24)22(18)25(30)33-13-17-8-10-19(32-2)11-9-17/h3-11,21,24H,12-15H2,1-2H3,(H,26,28)/t21?,24-/m1/s1. The van der Waals surface area contributed by atoms with E-state index < -0.39 is 12.0 Å². The van der Waals surface area contributed by atoms with Gasteiger partial charge in [-0.15, -0.1) is 11.8 Å². The molecule has 1 fully saturated rings. The van der Waals surface area contributed by atoms with E-state index in [0.29, 0.717) is 17.1 Å². The molecule has 2 aromatic carbocycles. The van der Waals surface area contributed by atoms with Crippen LogP contribution in [0, 0.1) is 0 Å². The molecule has 0 radical (unpaired) electrons. The quantitative estimate of drug-likeness (QED) is 0.433. The van der Waals surface area contributed by atoms with Gasteiger partial charge < -0.3 is 19.5 Å². The number of amides is 2. The molecule has 0 aromatic heterocycles. The lowest BCUT2D eigenvalue weighted by atomic mass is 10.0. The predicted octanol–water partition coefficient (Wildman–Crippen LogP) is 2.28. The molecule has 34 heavy (non-hydrogen) atoms. The Hall–Kier alpha value is -3.30. The summed E-state index contributed by atoms with van der Waals surface area (Å²) in [5.41, 5.74) is 2.55. The zero-order valence-electron chi connectivity index (χ0n) is 19.0. The number of methoxy groups -OCH3 is 2. The lowest BCUT2D eigenvalue weighted by Gasteiger charge is -2.49.